The van der Waals surface area contributed by atoms with E-state index in [1.165, 1.54) is 39.2 Å². The van der Waals surface area contributed by atoms with E-state index in [9.17, 15) is 9.59 Å². The third kappa shape index (κ3) is 4.32. The highest BCUT2D eigenvalue weighted by Gasteiger charge is 2.28. The van der Waals surface area contributed by atoms with Gasteiger partial charge in [-0.25, -0.2) is 9.67 Å². The van der Waals surface area contributed by atoms with Gasteiger partial charge in [-0.1, -0.05) is 30.3 Å². The minimum atomic E-state index is -0.255. The number of nitrogens with zero attached hydrogens (tertiary/aromatic N) is 4. The molecule has 2 aliphatic rings. The average Bonchev–Trinajstić information content (AvgIpc) is 3.26. The summed E-state index contributed by atoms with van der Waals surface area (Å²) in [5.74, 6) is 0.250. The molecule has 1 saturated heterocycles. The normalized spacial score (nSPS) is 18.6. The summed E-state index contributed by atoms with van der Waals surface area (Å²) < 4.78 is 1.29. The second kappa shape index (κ2) is 8.75. The van der Waals surface area contributed by atoms with E-state index in [0.717, 1.165) is 37.8 Å². The topological polar surface area (TPSA) is 68.1 Å². The van der Waals surface area contributed by atoms with Gasteiger partial charge in [0, 0.05) is 35.5 Å². The maximum absolute atomic E-state index is 13.0. The van der Waals surface area contributed by atoms with Crippen LogP contribution in [0.15, 0.2) is 47.3 Å². The third-order valence-corrected chi connectivity index (χ3v) is 7.53. The molecule has 5 rings (SSSR count). The zero-order chi connectivity index (χ0) is 21.2. The first-order chi connectivity index (χ1) is 15.2. The van der Waals surface area contributed by atoms with Gasteiger partial charge < -0.3 is 4.90 Å². The lowest BCUT2D eigenvalue weighted by Crippen LogP contribution is -2.42. The number of likely N-dealkylation sites (tertiary alicyclic amines) is 1. The zero-order valence-electron chi connectivity index (χ0n) is 17.5. The molecule has 0 N–H and O–H groups in total. The molecule has 0 radical (unpaired) electrons. The summed E-state index contributed by atoms with van der Waals surface area (Å²) in [6.45, 7) is 1.38. The van der Waals surface area contributed by atoms with Crippen LogP contribution in [-0.2, 0) is 24.2 Å². The number of hydrogen-bond donors (Lipinski definition) is 0. The van der Waals surface area contributed by atoms with Crippen LogP contribution in [0, 0.1) is 0 Å². The van der Waals surface area contributed by atoms with Gasteiger partial charge in [0.15, 0.2) is 0 Å². The number of amides is 1. The molecule has 1 fully saturated rings. The Morgan fingerprint density at radius 2 is 1.90 bits per heavy atom. The summed E-state index contributed by atoms with van der Waals surface area (Å²) >= 11 is 1.84. The molecular formula is C24H26N4O2S. The highest BCUT2D eigenvalue weighted by atomic mass is 32.1. The van der Waals surface area contributed by atoms with Gasteiger partial charge in [0.1, 0.15) is 6.54 Å². The summed E-state index contributed by atoms with van der Waals surface area (Å²) in [4.78, 5) is 33.6. The monoisotopic (exact) mass is 434 g/mol. The number of hydrogen-bond acceptors (Lipinski definition) is 5. The van der Waals surface area contributed by atoms with Crippen LogP contribution < -0.4 is 5.56 Å². The Labute approximate surface area is 185 Å². The van der Waals surface area contributed by atoms with Crippen LogP contribution in [0.1, 0.15) is 47.2 Å². The Hall–Kier alpha value is -2.80. The van der Waals surface area contributed by atoms with Crippen LogP contribution in [0.2, 0.25) is 0 Å². The van der Waals surface area contributed by atoms with E-state index in [4.69, 9.17) is 4.98 Å². The molecule has 2 aromatic heterocycles. The number of carbonyl (C=O) groups is 1. The van der Waals surface area contributed by atoms with Crippen molar-refractivity contribution < 1.29 is 4.79 Å². The minimum absolute atomic E-state index is 0.0272. The molecule has 0 bridgehead atoms. The van der Waals surface area contributed by atoms with Gasteiger partial charge >= 0.3 is 0 Å². The van der Waals surface area contributed by atoms with E-state index < -0.39 is 0 Å². The molecule has 7 heteroatoms. The van der Waals surface area contributed by atoms with Gasteiger partial charge in [-0.15, -0.1) is 11.3 Å². The summed E-state index contributed by atoms with van der Waals surface area (Å²) in [5, 5.41) is 5.63. The third-order valence-electron chi connectivity index (χ3n) is 6.21. The van der Waals surface area contributed by atoms with Crippen LogP contribution >= 0.6 is 11.3 Å². The molecular weight excluding hydrogens is 408 g/mol. The van der Waals surface area contributed by atoms with E-state index >= 15 is 0 Å². The van der Waals surface area contributed by atoms with Gasteiger partial charge in [0.25, 0.3) is 5.56 Å². The number of aryl methyl sites for hydroxylation is 2. The SMILES string of the molecule is O=C(Cn1nc(-c2ccccc2)ccc1=O)N1CCCC(c2nc3c(s2)CCCC3)C1. The highest BCUT2D eigenvalue weighted by molar-refractivity contribution is 7.11. The molecule has 3 heterocycles. The van der Waals surface area contributed by atoms with Crippen molar-refractivity contribution in [2.24, 2.45) is 0 Å². The summed E-state index contributed by atoms with van der Waals surface area (Å²) in [6, 6.07) is 12.9. The van der Waals surface area contributed by atoms with Gasteiger partial charge in [0.05, 0.1) is 16.4 Å². The van der Waals surface area contributed by atoms with E-state index in [1.54, 1.807) is 6.07 Å². The van der Waals surface area contributed by atoms with E-state index in [2.05, 4.69) is 5.10 Å². The fraction of sp³-hybridized carbons (Fsp3) is 0.417. The maximum Gasteiger partial charge on any atom is 0.267 e. The number of fused-ring (bicyclic) bond motifs is 1. The van der Waals surface area contributed by atoms with Crippen LogP contribution in [0.4, 0.5) is 0 Å². The summed E-state index contributed by atoms with van der Waals surface area (Å²) in [7, 11) is 0. The molecule has 3 aromatic rings. The lowest BCUT2D eigenvalue weighted by Gasteiger charge is -2.32. The molecule has 1 aliphatic carbocycles. The molecule has 6 nitrogen and oxygen atoms in total. The molecule has 1 atom stereocenters. The molecule has 1 unspecified atom stereocenters. The Bertz CT molecular complexity index is 1110. The van der Waals surface area contributed by atoms with Crippen molar-refractivity contribution in [3.63, 3.8) is 0 Å². The lowest BCUT2D eigenvalue weighted by molar-refractivity contribution is -0.133. The largest absolute Gasteiger partial charge is 0.340 e. The average molecular weight is 435 g/mol. The number of piperidine rings is 1. The fourth-order valence-electron chi connectivity index (χ4n) is 4.51. The smallest absolute Gasteiger partial charge is 0.267 e. The van der Waals surface area contributed by atoms with Crippen molar-refractivity contribution in [2.45, 2.75) is 51.0 Å². The van der Waals surface area contributed by atoms with Crippen molar-refractivity contribution in [1.29, 1.82) is 0 Å². The van der Waals surface area contributed by atoms with Crippen molar-refractivity contribution in [3.05, 3.63) is 68.4 Å². The number of rotatable bonds is 4. The molecule has 0 saturated carbocycles. The quantitative estimate of drug-likeness (QED) is 0.629. The first-order valence-corrected chi connectivity index (χ1v) is 11.9. The second-order valence-electron chi connectivity index (χ2n) is 8.39. The van der Waals surface area contributed by atoms with Crippen LogP contribution in [0.5, 0.6) is 0 Å². The van der Waals surface area contributed by atoms with Crippen molar-refractivity contribution in [3.8, 4) is 11.3 Å². The standard InChI is InChI=1S/C24H26N4O2S/c29-22-13-12-19(17-7-2-1-3-8-17)26-28(22)16-23(30)27-14-6-9-18(15-27)24-25-20-10-4-5-11-21(20)31-24/h1-3,7-8,12-13,18H,4-6,9-11,14-16H2. The fourth-order valence-corrected chi connectivity index (χ4v) is 5.78. The van der Waals surface area contributed by atoms with Crippen LogP contribution in [-0.4, -0.2) is 38.7 Å². The lowest BCUT2D eigenvalue weighted by atomic mass is 9.98. The Morgan fingerprint density at radius 3 is 2.74 bits per heavy atom. The Morgan fingerprint density at radius 1 is 1.06 bits per heavy atom. The molecule has 0 spiro atoms. The van der Waals surface area contributed by atoms with E-state index in [1.807, 2.05) is 46.6 Å². The van der Waals surface area contributed by atoms with Gasteiger partial charge in [0.2, 0.25) is 5.91 Å². The maximum atomic E-state index is 13.0. The summed E-state index contributed by atoms with van der Waals surface area (Å²) in [6.07, 6.45) is 6.76. The highest BCUT2D eigenvalue weighted by Crippen LogP contribution is 2.34. The predicted molar refractivity (Wildman–Crippen MR) is 121 cm³/mol. The number of thiazole rings is 1. The Balaban J connectivity index is 1.30. The van der Waals surface area contributed by atoms with Crippen molar-refractivity contribution >= 4 is 17.2 Å². The minimum Gasteiger partial charge on any atom is -0.340 e. The predicted octanol–water partition coefficient (Wildman–Crippen LogP) is 3.65. The zero-order valence-corrected chi connectivity index (χ0v) is 18.3. The number of carbonyl (C=O) groups excluding carboxylic acids is 1. The van der Waals surface area contributed by atoms with E-state index in [0.29, 0.717) is 18.2 Å². The van der Waals surface area contributed by atoms with Crippen molar-refractivity contribution in [1.82, 2.24) is 19.7 Å². The van der Waals surface area contributed by atoms with Gasteiger partial charge in [-0.3, -0.25) is 9.59 Å². The van der Waals surface area contributed by atoms with Gasteiger partial charge in [-0.05, 0) is 44.6 Å². The Kier molecular flexibility index (Phi) is 5.68. The second-order valence-corrected chi connectivity index (χ2v) is 9.50. The first kappa shape index (κ1) is 20.1. The van der Waals surface area contributed by atoms with E-state index in [-0.39, 0.29) is 18.0 Å². The molecule has 1 aromatic carbocycles. The number of benzene rings is 1. The molecule has 1 aliphatic heterocycles. The van der Waals surface area contributed by atoms with Crippen LogP contribution in [0.25, 0.3) is 11.3 Å². The van der Waals surface area contributed by atoms with Gasteiger partial charge in [-0.2, -0.15) is 5.10 Å². The van der Waals surface area contributed by atoms with Crippen molar-refractivity contribution in [2.75, 3.05) is 13.1 Å². The molecule has 31 heavy (non-hydrogen) atoms. The number of aromatic nitrogens is 3. The summed E-state index contributed by atoms with van der Waals surface area (Å²) in [5.41, 5.74) is 2.64. The van der Waals surface area contributed by atoms with Crippen LogP contribution in [0.3, 0.4) is 0 Å². The molecule has 160 valence electrons. The molecule has 1 amide bonds. The first-order valence-electron chi connectivity index (χ1n) is 11.1.